The van der Waals surface area contributed by atoms with Crippen molar-refractivity contribution in [1.29, 1.82) is 0 Å². The minimum Gasteiger partial charge on any atom is -0.491 e. The van der Waals surface area contributed by atoms with Gasteiger partial charge in [0.25, 0.3) is 0 Å². The molecule has 0 aliphatic heterocycles. The molecule has 0 bridgehead atoms. The quantitative estimate of drug-likeness (QED) is 0.815. The Morgan fingerprint density at radius 3 is 2.39 bits per heavy atom. The van der Waals surface area contributed by atoms with Crippen LogP contribution in [0.2, 0.25) is 0 Å². The van der Waals surface area contributed by atoms with Crippen molar-refractivity contribution in [3.8, 4) is 5.75 Å². The Hall–Kier alpha value is -2.15. The number of nitrogens with one attached hydrogen (secondary N) is 2. The predicted molar refractivity (Wildman–Crippen MR) is 88.9 cm³/mol. The molecule has 0 aliphatic carbocycles. The van der Waals surface area contributed by atoms with Crippen molar-refractivity contribution in [1.82, 2.24) is 0 Å². The fraction of sp³-hybridized carbons (Fsp3) is 0.188. The van der Waals surface area contributed by atoms with E-state index in [2.05, 4.69) is 31.3 Å². The average molecular weight is 385 g/mol. The fourth-order valence-corrected chi connectivity index (χ4v) is 2.21. The molecule has 2 aromatic rings. The summed E-state index contributed by atoms with van der Waals surface area (Å²) < 4.78 is 32.6. The smallest absolute Gasteiger partial charge is 0.243 e. The van der Waals surface area contributed by atoms with Gasteiger partial charge in [-0.15, -0.1) is 0 Å². The zero-order valence-corrected chi connectivity index (χ0v) is 14.1. The van der Waals surface area contributed by atoms with E-state index in [0.29, 0.717) is 5.69 Å². The molecule has 0 fully saturated rings. The van der Waals surface area contributed by atoms with Crippen molar-refractivity contribution in [3.05, 3.63) is 52.0 Å². The van der Waals surface area contributed by atoms with Crippen LogP contribution < -0.4 is 15.4 Å². The maximum atomic E-state index is 13.6. The van der Waals surface area contributed by atoms with E-state index < -0.39 is 17.4 Å². The lowest BCUT2D eigenvalue weighted by molar-refractivity contribution is -0.114. The minimum atomic E-state index is -0.834. The number of hydrogen-bond acceptors (Lipinski definition) is 3. The highest BCUT2D eigenvalue weighted by atomic mass is 79.9. The highest BCUT2D eigenvalue weighted by Crippen LogP contribution is 2.25. The zero-order valence-electron chi connectivity index (χ0n) is 12.5. The van der Waals surface area contributed by atoms with Gasteiger partial charge in [-0.2, -0.15) is 0 Å². The molecular weight excluding hydrogens is 370 g/mol. The largest absolute Gasteiger partial charge is 0.491 e. The van der Waals surface area contributed by atoms with E-state index in [9.17, 15) is 13.6 Å². The number of methoxy groups -OCH3 is 1. The van der Waals surface area contributed by atoms with Crippen LogP contribution in [0.3, 0.4) is 0 Å². The van der Waals surface area contributed by atoms with Crippen molar-refractivity contribution < 1.29 is 18.3 Å². The van der Waals surface area contributed by atoms with Gasteiger partial charge < -0.3 is 15.4 Å². The van der Waals surface area contributed by atoms with E-state index in [-0.39, 0.29) is 18.1 Å². The number of rotatable bonds is 5. The standard InChI is InChI=1S/C16H15BrF2N2O2/c1-9-5-10(3-4-12(9)17)21-15(22)8-20-11-6-13(18)16(23-2)14(19)7-11/h3-7,20H,8H2,1-2H3,(H,21,22). The maximum Gasteiger partial charge on any atom is 0.243 e. The Labute approximate surface area is 141 Å². The molecule has 2 N–H and O–H groups in total. The van der Waals surface area contributed by atoms with Crippen LogP contribution in [-0.2, 0) is 4.79 Å². The first kappa shape index (κ1) is 17.2. The molecule has 0 spiro atoms. The molecule has 0 saturated heterocycles. The van der Waals surface area contributed by atoms with Crippen molar-refractivity contribution >= 4 is 33.2 Å². The number of halogens is 3. The van der Waals surface area contributed by atoms with Gasteiger partial charge in [-0.25, -0.2) is 8.78 Å². The third-order valence-electron chi connectivity index (χ3n) is 3.10. The summed E-state index contributed by atoms with van der Waals surface area (Å²) in [6.45, 7) is 1.78. The lowest BCUT2D eigenvalue weighted by atomic mass is 10.2. The first-order valence-corrected chi connectivity index (χ1v) is 7.53. The second-order valence-corrected chi connectivity index (χ2v) is 5.69. The molecule has 2 aromatic carbocycles. The van der Waals surface area contributed by atoms with Crippen LogP contribution in [0.15, 0.2) is 34.8 Å². The molecule has 4 nitrogen and oxygen atoms in total. The highest BCUT2D eigenvalue weighted by molar-refractivity contribution is 9.10. The van der Waals surface area contributed by atoms with Gasteiger partial charge >= 0.3 is 0 Å². The monoisotopic (exact) mass is 384 g/mol. The van der Waals surface area contributed by atoms with Gasteiger partial charge in [0.15, 0.2) is 17.4 Å². The number of carbonyl (C=O) groups is 1. The molecule has 0 heterocycles. The molecule has 0 radical (unpaired) electrons. The molecule has 0 aromatic heterocycles. The molecular formula is C16H15BrF2N2O2. The Morgan fingerprint density at radius 1 is 1.17 bits per heavy atom. The second kappa shape index (κ2) is 7.41. The molecule has 0 aliphatic rings. The van der Waals surface area contributed by atoms with Crippen molar-refractivity contribution in [2.24, 2.45) is 0 Å². The molecule has 122 valence electrons. The van der Waals surface area contributed by atoms with Gasteiger partial charge in [-0.05, 0) is 30.7 Å². The average Bonchev–Trinajstić information content (AvgIpc) is 2.49. The zero-order chi connectivity index (χ0) is 17.0. The lowest BCUT2D eigenvalue weighted by Crippen LogP contribution is -2.21. The number of amides is 1. The summed E-state index contributed by atoms with van der Waals surface area (Å²) in [5.41, 5.74) is 1.78. The summed E-state index contributed by atoms with van der Waals surface area (Å²) in [7, 11) is 1.18. The normalized spacial score (nSPS) is 10.3. The van der Waals surface area contributed by atoms with E-state index in [0.717, 1.165) is 22.2 Å². The SMILES string of the molecule is COc1c(F)cc(NCC(=O)Nc2ccc(Br)c(C)c2)cc1F. The van der Waals surface area contributed by atoms with Crippen molar-refractivity contribution in [3.63, 3.8) is 0 Å². The maximum absolute atomic E-state index is 13.6. The van der Waals surface area contributed by atoms with E-state index in [1.54, 1.807) is 6.07 Å². The molecule has 7 heteroatoms. The Bertz CT molecular complexity index is 715. The number of carbonyl (C=O) groups excluding carboxylic acids is 1. The van der Waals surface area contributed by atoms with Gasteiger partial charge in [0.2, 0.25) is 5.91 Å². The minimum absolute atomic E-state index is 0.125. The number of ether oxygens (including phenoxy) is 1. The lowest BCUT2D eigenvalue weighted by Gasteiger charge is -2.10. The van der Waals surface area contributed by atoms with Crippen LogP contribution in [0, 0.1) is 18.6 Å². The number of aryl methyl sites for hydroxylation is 1. The fourth-order valence-electron chi connectivity index (χ4n) is 1.97. The van der Waals surface area contributed by atoms with Crippen LogP contribution in [-0.4, -0.2) is 19.6 Å². The predicted octanol–water partition coefficient (Wildman–Crippen LogP) is 4.09. The summed E-state index contributed by atoms with van der Waals surface area (Å²) in [4.78, 5) is 11.9. The third kappa shape index (κ3) is 4.41. The van der Waals surface area contributed by atoms with Gasteiger partial charge in [0, 0.05) is 28.0 Å². The van der Waals surface area contributed by atoms with Gasteiger partial charge in [0.1, 0.15) is 0 Å². The van der Waals surface area contributed by atoms with E-state index >= 15 is 0 Å². The van der Waals surface area contributed by atoms with Gasteiger partial charge in [-0.3, -0.25) is 4.79 Å². The molecule has 0 unspecified atom stereocenters. The topological polar surface area (TPSA) is 50.4 Å². The van der Waals surface area contributed by atoms with Gasteiger partial charge in [0.05, 0.1) is 13.7 Å². The van der Waals surface area contributed by atoms with Crippen LogP contribution in [0.1, 0.15) is 5.56 Å². The molecule has 0 atom stereocenters. The number of benzene rings is 2. The summed E-state index contributed by atoms with van der Waals surface area (Å²) >= 11 is 3.38. The first-order valence-electron chi connectivity index (χ1n) is 6.73. The van der Waals surface area contributed by atoms with Crippen LogP contribution >= 0.6 is 15.9 Å². The van der Waals surface area contributed by atoms with E-state index in [1.165, 1.54) is 7.11 Å². The molecule has 0 saturated carbocycles. The van der Waals surface area contributed by atoms with E-state index in [4.69, 9.17) is 0 Å². The number of hydrogen-bond donors (Lipinski definition) is 2. The van der Waals surface area contributed by atoms with Crippen LogP contribution in [0.5, 0.6) is 5.75 Å². The van der Waals surface area contributed by atoms with Crippen LogP contribution in [0.25, 0.3) is 0 Å². The third-order valence-corrected chi connectivity index (χ3v) is 3.99. The molecule has 1 amide bonds. The van der Waals surface area contributed by atoms with Crippen molar-refractivity contribution in [2.45, 2.75) is 6.92 Å². The Kier molecular flexibility index (Phi) is 5.54. The molecule has 2 rings (SSSR count). The number of anilines is 2. The second-order valence-electron chi connectivity index (χ2n) is 4.84. The van der Waals surface area contributed by atoms with E-state index in [1.807, 2.05) is 19.1 Å². The Morgan fingerprint density at radius 2 is 1.83 bits per heavy atom. The summed E-state index contributed by atoms with van der Waals surface area (Å²) in [6.07, 6.45) is 0. The summed E-state index contributed by atoms with van der Waals surface area (Å²) in [6, 6.07) is 7.53. The Balaban J connectivity index is 1.98. The summed E-state index contributed by atoms with van der Waals surface area (Å²) in [5, 5.41) is 5.36. The first-order chi connectivity index (χ1) is 10.9. The summed E-state index contributed by atoms with van der Waals surface area (Å²) in [5.74, 6) is -2.45. The highest BCUT2D eigenvalue weighted by Gasteiger charge is 2.12. The van der Waals surface area contributed by atoms with Crippen molar-refractivity contribution in [2.75, 3.05) is 24.3 Å². The molecule has 23 heavy (non-hydrogen) atoms. The van der Waals surface area contributed by atoms with Crippen LogP contribution in [0.4, 0.5) is 20.2 Å². The van der Waals surface area contributed by atoms with Gasteiger partial charge in [-0.1, -0.05) is 15.9 Å².